The molecule has 0 radical (unpaired) electrons. The fraction of sp³-hybridized carbons (Fsp3) is 0.312. The Morgan fingerprint density at radius 2 is 2.10 bits per heavy atom. The van der Waals surface area contributed by atoms with Gasteiger partial charge in [-0.2, -0.15) is 0 Å². The highest BCUT2D eigenvalue weighted by atomic mass is 16.5. The van der Waals surface area contributed by atoms with Gasteiger partial charge in [-0.25, -0.2) is 4.98 Å². The molecule has 1 aromatic carbocycles. The van der Waals surface area contributed by atoms with E-state index in [-0.39, 0.29) is 6.04 Å². The average Bonchev–Trinajstić information content (AvgIpc) is 2.53. The lowest BCUT2D eigenvalue weighted by Crippen LogP contribution is -2.32. The van der Waals surface area contributed by atoms with Gasteiger partial charge in [0.05, 0.1) is 18.8 Å². The monoisotopic (exact) mass is 270 g/mol. The van der Waals surface area contributed by atoms with Gasteiger partial charge < -0.3 is 15.2 Å². The highest BCUT2D eigenvalue weighted by Crippen LogP contribution is 2.30. The Morgan fingerprint density at radius 3 is 2.95 bits per heavy atom. The Balaban J connectivity index is 1.80. The van der Waals surface area contributed by atoms with E-state index in [4.69, 9.17) is 4.74 Å². The number of rotatable bonds is 3. The molecule has 2 aromatic rings. The predicted octanol–water partition coefficient (Wildman–Crippen LogP) is 2.55. The number of nitrogens with zero attached hydrogens (tertiary/aromatic N) is 1. The van der Waals surface area contributed by atoms with Gasteiger partial charge in [-0.1, -0.05) is 24.3 Å². The number of hydrogen-bond donors (Lipinski definition) is 2. The maximum atomic E-state index is 10.5. The first-order chi connectivity index (χ1) is 9.78. The molecule has 104 valence electrons. The van der Waals surface area contributed by atoms with Gasteiger partial charge in [0.25, 0.3) is 0 Å². The Morgan fingerprint density at radius 1 is 1.25 bits per heavy atom. The van der Waals surface area contributed by atoms with Crippen molar-refractivity contribution >= 4 is 5.69 Å². The standard InChI is InChI=1S/C16H18N2O2/c1-20-15-8-4-7-13(18-15)16(19)14-10-9-11-5-2-3-6-12(11)17-14/h2-8,14,16-17,19H,9-10H2,1H3. The molecule has 0 saturated carbocycles. The molecule has 2 N–H and O–H groups in total. The number of para-hydroxylation sites is 1. The zero-order chi connectivity index (χ0) is 13.9. The van der Waals surface area contributed by atoms with E-state index in [2.05, 4.69) is 16.4 Å². The number of nitrogens with one attached hydrogen (secondary N) is 1. The number of fused-ring (bicyclic) bond motifs is 1. The van der Waals surface area contributed by atoms with Crippen molar-refractivity contribution in [2.75, 3.05) is 12.4 Å². The van der Waals surface area contributed by atoms with E-state index in [1.165, 1.54) is 5.56 Å². The van der Waals surface area contributed by atoms with Crippen LogP contribution in [-0.2, 0) is 6.42 Å². The van der Waals surface area contributed by atoms with Crippen LogP contribution in [0, 0.1) is 0 Å². The molecule has 0 spiro atoms. The van der Waals surface area contributed by atoms with E-state index in [9.17, 15) is 5.11 Å². The van der Waals surface area contributed by atoms with Crippen molar-refractivity contribution in [1.82, 2.24) is 4.98 Å². The van der Waals surface area contributed by atoms with Crippen molar-refractivity contribution < 1.29 is 9.84 Å². The molecule has 0 fully saturated rings. The van der Waals surface area contributed by atoms with Crippen molar-refractivity contribution in [3.05, 3.63) is 53.7 Å². The maximum absolute atomic E-state index is 10.5. The molecule has 4 nitrogen and oxygen atoms in total. The van der Waals surface area contributed by atoms with Crippen LogP contribution in [0.25, 0.3) is 0 Å². The van der Waals surface area contributed by atoms with Crippen LogP contribution in [0.4, 0.5) is 5.69 Å². The van der Waals surface area contributed by atoms with Gasteiger partial charge in [0.2, 0.25) is 5.88 Å². The third-order valence-electron chi connectivity index (χ3n) is 3.72. The molecule has 2 atom stereocenters. The van der Waals surface area contributed by atoms with Crippen LogP contribution in [0.1, 0.15) is 23.8 Å². The summed E-state index contributed by atoms with van der Waals surface area (Å²) in [7, 11) is 1.58. The lowest BCUT2D eigenvalue weighted by atomic mass is 9.93. The summed E-state index contributed by atoms with van der Waals surface area (Å²) in [5.74, 6) is 0.526. The minimum absolute atomic E-state index is 0.0236. The third-order valence-corrected chi connectivity index (χ3v) is 3.72. The van der Waals surface area contributed by atoms with Gasteiger partial charge in [0.15, 0.2) is 0 Å². The van der Waals surface area contributed by atoms with E-state index in [1.54, 1.807) is 13.2 Å². The number of ether oxygens (including phenoxy) is 1. The van der Waals surface area contributed by atoms with Gasteiger partial charge in [0, 0.05) is 11.8 Å². The van der Waals surface area contributed by atoms with E-state index in [0.717, 1.165) is 18.5 Å². The van der Waals surface area contributed by atoms with Crippen molar-refractivity contribution in [2.24, 2.45) is 0 Å². The van der Waals surface area contributed by atoms with Crippen molar-refractivity contribution in [2.45, 2.75) is 25.0 Å². The van der Waals surface area contributed by atoms with E-state index >= 15 is 0 Å². The molecule has 20 heavy (non-hydrogen) atoms. The molecule has 2 unspecified atom stereocenters. The number of hydrogen-bond acceptors (Lipinski definition) is 4. The minimum atomic E-state index is -0.640. The summed E-state index contributed by atoms with van der Waals surface area (Å²) in [5, 5.41) is 13.9. The first kappa shape index (κ1) is 12.9. The molecule has 0 aliphatic carbocycles. The van der Waals surface area contributed by atoms with E-state index < -0.39 is 6.10 Å². The fourth-order valence-corrected chi connectivity index (χ4v) is 2.61. The fourth-order valence-electron chi connectivity index (χ4n) is 2.61. The van der Waals surface area contributed by atoms with E-state index in [1.807, 2.05) is 30.3 Å². The lowest BCUT2D eigenvalue weighted by Gasteiger charge is -2.30. The number of aromatic nitrogens is 1. The Hall–Kier alpha value is -2.07. The number of methoxy groups -OCH3 is 1. The quantitative estimate of drug-likeness (QED) is 0.900. The molecule has 2 heterocycles. The molecular formula is C16H18N2O2. The molecule has 0 bridgehead atoms. The second-order valence-electron chi connectivity index (χ2n) is 5.00. The first-order valence-corrected chi connectivity index (χ1v) is 6.81. The summed E-state index contributed by atoms with van der Waals surface area (Å²) in [6.07, 6.45) is 1.21. The maximum Gasteiger partial charge on any atom is 0.213 e. The molecule has 0 saturated heterocycles. The number of pyridine rings is 1. The topological polar surface area (TPSA) is 54.4 Å². The van der Waals surface area contributed by atoms with Gasteiger partial charge in [-0.15, -0.1) is 0 Å². The average molecular weight is 270 g/mol. The molecule has 1 aliphatic heterocycles. The van der Waals surface area contributed by atoms with Gasteiger partial charge in [-0.05, 0) is 30.5 Å². The van der Waals surface area contributed by atoms with Gasteiger partial charge in [-0.3, -0.25) is 0 Å². The Kier molecular flexibility index (Phi) is 3.56. The highest BCUT2D eigenvalue weighted by molar-refractivity contribution is 5.54. The number of aryl methyl sites for hydroxylation is 1. The molecule has 3 rings (SSSR count). The van der Waals surface area contributed by atoms with Crippen molar-refractivity contribution in [1.29, 1.82) is 0 Å². The lowest BCUT2D eigenvalue weighted by molar-refractivity contribution is 0.143. The minimum Gasteiger partial charge on any atom is -0.481 e. The summed E-state index contributed by atoms with van der Waals surface area (Å²) in [6.45, 7) is 0. The Labute approximate surface area is 118 Å². The number of aliphatic hydroxyl groups excluding tert-OH is 1. The predicted molar refractivity (Wildman–Crippen MR) is 77.9 cm³/mol. The summed E-state index contributed by atoms with van der Waals surface area (Å²) < 4.78 is 5.11. The van der Waals surface area contributed by atoms with Gasteiger partial charge in [0.1, 0.15) is 6.10 Å². The Bertz CT molecular complexity index is 601. The second kappa shape index (κ2) is 5.51. The van der Waals surface area contributed by atoms with Crippen LogP contribution in [0.2, 0.25) is 0 Å². The SMILES string of the molecule is COc1cccc(C(O)C2CCc3ccccc3N2)n1. The molecule has 0 amide bonds. The van der Waals surface area contributed by atoms with Crippen LogP contribution in [-0.4, -0.2) is 23.2 Å². The summed E-state index contributed by atoms with van der Waals surface area (Å²) in [4.78, 5) is 4.31. The molecule has 1 aliphatic rings. The van der Waals surface area contributed by atoms with Crippen molar-refractivity contribution in [3.63, 3.8) is 0 Å². The van der Waals surface area contributed by atoms with Crippen LogP contribution in [0.5, 0.6) is 5.88 Å². The number of anilines is 1. The van der Waals surface area contributed by atoms with Crippen molar-refractivity contribution in [3.8, 4) is 5.88 Å². The van der Waals surface area contributed by atoms with Crippen LogP contribution in [0.3, 0.4) is 0 Å². The largest absolute Gasteiger partial charge is 0.481 e. The van der Waals surface area contributed by atoms with Crippen LogP contribution < -0.4 is 10.1 Å². The molecule has 4 heteroatoms. The highest BCUT2D eigenvalue weighted by Gasteiger charge is 2.26. The van der Waals surface area contributed by atoms with Crippen LogP contribution in [0.15, 0.2) is 42.5 Å². The summed E-state index contributed by atoms with van der Waals surface area (Å²) in [6, 6.07) is 13.6. The van der Waals surface area contributed by atoms with E-state index in [0.29, 0.717) is 11.6 Å². The first-order valence-electron chi connectivity index (χ1n) is 6.81. The normalized spacial score (nSPS) is 18.8. The number of aliphatic hydroxyl groups is 1. The van der Waals surface area contributed by atoms with Crippen LogP contribution >= 0.6 is 0 Å². The molecule has 1 aromatic heterocycles. The van der Waals surface area contributed by atoms with Gasteiger partial charge >= 0.3 is 0 Å². The smallest absolute Gasteiger partial charge is 0.213 e. The third kappa shape index (κ3) is 2.47. The molecular weight excluding hydrogens is 252 g/mol. The summed E-state index contributed by atoms with van der Waals surface area (Å²) in [5.41, 5.74) is 3.04. The zero-order valence-electron chi connectivity index (χ0n) is 11.4. The number of benzene rings is 1. The zero-order valence-corrected chi connectivity index (χ0v) is 11.4. The summed E-state index contributed by atoms with van der Waals surface area (Å²) >= 11 is 0. The second-order valence-corrected chi connectivity index (χ2v) is 5.00.